The summed E-state index contributed by atoms with van der Waals surface area (Å²) in [6, 6.07) is 6.29. The number of benzene rings is 1. The van der Waals surface area contributed by atoms with Crippen LogP contribution >= 0.6 is 0 Å². The van der Waals surface area contributed by atoms with Crippen LogP contribution in [0, 0.1) is 0 Å². The molecule has 0 aliphatic heterocycles. The highest BCUT2D eigenvalue weighted by molar-refractivity contribution is 5.79. The van der Waals surface area contributed by atoms with Crippen LogP contribution in [-0.2, 0) is 0 Å². The van der Waals surface area contributed by atoms with Gasteiger partial charge >= 0.3 is 0 Å². The van der Waals surface area contributed by atoms with Crippen molar-refractivity contribution >= 4 is 10.9 Å². The third-order valence-corrected chi connectivity index (χ3v) is 2.59. The molecule has 1 N–H and O–H groups in total. The maximum Gasteiger partial charge on any atom is 0.0762 e. The Bertz CT molecular complexity index is 471. The molecule has 3 heteroatoms. The van der Waals surface area contributed by atoms with Gasteiger partial charge in [-0.1, -0.05) is 12.1 Å². The number of hydrogen-bond acceptors (Lipinski definition) is 2. The smallest absolute Gasteiger partial charge is 0.0762 e. The van der Waals surface area contributed by atoms with Crippen LogP contribution in [0.3, 0.4) is 0 Å². The van der Waals surface area contributed by atoms with Gasteiger partial charge in [-0.2, -0.15) is 5.10 Å². The Labute approximate surface area is 89.3 Å². The zero-order chi connectivity index (χ0) is 11.0. The summed E-state index contributed by atoms with van der Waals surface area (Å²) >= 11 is 0. The Kier molecular flexibility index (Phi) is 2.49. The minimum atomic E-state index is -0.426. The number of fused-ring (bicyclic) bond motifs is 1. The summed E-state index contributed by atoms with van der Waals surface area (Å²) in [5, 5.41) is 15.0. The largest absolute Gasteiger partial charge is 0.389 e. The van der Waals surface area contributed by atoms with E-state index in [9.17, 15) is 5.11 Å². The van der Waals surface area contributed by atoms with Crippen molar-refractivity contribution < 1.29 is 5.11 Å². The van der Waals surface area contributed by atoms with Gasteiger partial charge in [0.05, 0.1) is 17.8 Å². The third kappa shape index (κ3) is 1.75. The predicted octanol–water partition coefficient (Wildman–Crippen LogP) is 2.67. The first-order chi connectivity index (χ1) is 7.09. The Morgan fingerprint density at radius 2 is 2.00 bits per heavy atom. The topological polar surface area (TPSA) is 38.1 Å². The Morgan fingerprint density at radius 1 is 1.27 bits per heavy atom. The van der Waals surface area contributed by atoms with Crippen molar-refractivity contribution in [3.8, 4) is 0 Å². The molecule has 2 aromatic rings. The summed E-state index contributed by atoms with van der Waals surface area (Å²) in [7, 11) is 0. The van der Waals surface area contributed by atoms with Crippen molar-refractivity contribution in [2.45, 2.75) is 32.9 Å². The van der Waals surface area contributed by atoms with Crippen LogP contribution < -0.4 is 0 Å². The summed E-state index contributed by atoms with van der Waals surface area (Å²) in [5.74, 6) is 0. The summed E-state index contributed by atoms with van der Waals surface area (Å²) < 4.78 is 1.97. The molecule has 0 aliphatic rings. The van der Waals surface area contributed by atoms with E-state index in [4.69, 9.17) is 0 Å². The third-order valence-electron chi connectivity index (χ3n) is 2.59. The quantitative estimate of drug-likeness (QED) is 0.816. The molecule has 0 saturated carbocycles. The van der Waals surface area contributed by atoms with Crippen LogP contribution in [0.4, 0.5) is 0 Å². The maximum absolute atomic E-state index is 9.52. The van der Waals surface area contributed by atoms with E-state index in [2.05, 4.69) is 18.9 Å². The lowest BCUT2D eigenvalue weighted by molar-refractivity contribution is 0.199. The van der Waals surface area contributed by atoms with Crippen LogP contribution in [0.5, 0.6) is 0 Å². The van der Waals surface area contributed by atoms with Gasteiger partial charge in [0, 0.05) is 11.4 Å². The van der Waals surface area contributed by atoms with Crippen LogP contribution in [-0.4, -0.2) is 14.9 Å². The van der Waals surface area contributed by atoms with Gasteiger partial charge in [0.15, 0.2) is 0 Å². The Balaban J connectivity index is 2.61. The molecule has 1 aromatic carbocycles. The summed E-state index contributed by atoms with van der Waals surface area (Å²) in [5.41, 5.74) is 2.02. The first kappa shape index (κ1) is 10.2. The first-order valence-corrected chi connectivity index (χ1v) is 5.25. The zero-order valence-corrected chi connectivity index (χ0v) is 9.31. The van der Waals surface area contributed by atoms with Gasteiger partial charge in [-0.25, -0.2) is 0 Å². The minimum absolute atomic E-state index is 0.340. The molecule has 0 bridgehead atoms. The van der Waals surface area contributed by atoms with Crippen molar-refractivity contribution in [1.29, 1.82) is 0 Å². The highest BCUT2D eigenvalue weighted by Gasteiger charge is 2.08. The molecule has 1 atom stereocenters. The maximum atomic E-state index is 9.52. The molecule has 0 aliphatic carbocycles. The first-order valence-electron chi connectivity index (χ1n) is 5.25. The van der Waals surface area contributed by atoms with Crippen molar-refractivity contribution in [2.75, 3.05) is 0 Å². The molecule has 0 fully saturated rings. The summed E-state index contributed by atoms with van der Waals surface area (Å²) in [6.45, 7) is 5.97. The lowest BCUT2D eigenvalue weighted by Crippen LogP contribution is -2.02. The molecular formula is C12H16N2O. The fourth-order valence-electron chi connectivity index (χ4n) is 1.73. The van der Waals surface area contributed by atoms with Crippen LogP contribution in [0.25, 0.3) is 10.9 Å². The number of hydrogen-bond donors (Lipinski definition) is 1. The van der Waals surface area contributed by atoms with Crippen LogP contribution in [0.15, 0.2) is 24.4 Å². The number of aliphatic hydroxyl groups is 1. The average Bonchev–Trinajstić information content (AvgIpc) is 2.59. The Hall–Kier alpha value is -1.35. The normalized spacial score (nSPS) is 13.7. The molecule has 80 valence electrons. The molecule has 0 amide bonds. The summed E-state index contributed by atoms with van der Waals surface area (Å²) in [4.78, 5) is 0. The zero-order valence-electron chi connectivity index (χ0n) is 9.31. The van der Waals surface area contributed by atoms with Gasteiger partial charge in [0.2, 0.25) is 0 Å². The molecule has 3 nitrogen and oxygen atoms in total. The van der Waals surface area contributed by atoms with E-state index in [0.717, 1.165) is 16.5 Å². The highest BCUT2D eigenvalue weighted by atomic mass is 16.3. The van der Waals surface area contributed by atoms with Gasteiger partial charge in [0.1, 0.15) is 0 Å². The molecule has 1 aromatic heterocycles. The van der Waals surface area contributed by atoms with Crippen molar-refractivity contribution in [3.63, 3.8) is 0 Å². The molecule has 0 spiro atoms. The average molecular weight is 204 g/mol. The van der Waals surface area contributed by atoms with E-state index in [1.807, 2.05) is 29.1 Å². The standard InChI is InChI=1S/C12H16N2O/c1-8(2)14-12-6-10(9(3)15)4-5-11(12)7-13-14/h4-9,15H,1-3H3. The van der Waals surface area contributed by atoms with Gasteiger partial charge < -0.3 is 5.11 Å². The molecular weight excluding hydrogens is 188 g/mol. The molecule has 2 rings (SSSR count). The van der Waals surface area contributed by atoms with E-state index in [1.54, 1.807) is 6.92 Å². The molecule has 15 heavy (non-hydrogen) atoms. The molecule has 0 radical (unpaired) electrons. The number of aliphatic hydroxyl groups excluding tert-OH is 1. The SMILES string of the molecule is CC(O)c1ccc2cnn(C(C)C)c2c1. The van der Waals surface area contributed by atoms with Gasteiger partial charge in [-0.3, -0.25) is 4.68 Å². The van der Waals surface area contributed by atoms with Crippen molar-refractivity contribution in [2.24, 2.45) is 0 Å². The van der Waals surface area contributed by atoms with E-state index < -0.39 is 6.10 Å². The van der Waals surface area contributed by atoms with Gasteiger partial charge in [-0.15, -0.1) is 0 Å². The van der Waals surface area contributed by atoms with Gasteiger partial charge in [-0.05, 0) is 32.4 Å². The second-order valence-electron chi connectivity index (χ2n) is 4.18. The number of nitrogens with zero attached hydrogens (tertiary/aromatic N) is 2. The lowest BCUT2D eigenvalue weighted by atomic mass is 10.1. The summed E-state index contributed by atoms with van der Waals surface area (Å²) in [6.07, 6.45) is 1.44. The highest BCUT2D eigenvalue weighted by Crippen LogP contribution is 2.22. The van der Waals surface area contributed by atoms with Crippen molar-refractivity contribution in [3.05, 3.63) is 30.0 Å². The van der Waals surface area contributed by atoms with Gasteiger partial charge in [0.25, 0.3) is 0 Å². The minimum Gasteiger partial charge on any atom is -0.389 e. The number of aromatic nitrogens is 2. The number of rotatable bonds is 2. The van der Waals surface area contributed by atoms with Crippen LogP contribution in [0.1, 0.15) is 38.5 Å². The Morgan fingerprint density at radius 3 is 2.60 bits per heavy atom. The fourth-order valence-corrected chi connectivity index (χ4v) is 1.73. The van der Waals surface area contributed by atoms with Crippen LogP contribution in [0.2, 0.25) is 0 Å². The molecule has 1 heterocycles. The predicted molar refractivity (Wildman–Crippen MR) is 60.8 cm³/mol. The van der Waals surface area contributed by atoms with E-state index in [-0.39, 0.29) is 0 Å². The second-order valence-corrected chi connectivity index (χ2v) is 4.18. The van der Waals surface area contributed by atoms with Crippen molar-refractivity contribution in [1.82, 2.24) is 9.78 Å². The van der Waals surface area contributed by atoms with E-state index in [1.165, 1.54) is 0 Å². The molecule has 0 saturated heterocycles. The second kappa shape index (κ2) is 3.66. The monoisotopic (exact) mass is 204 g/mol. The fraction of sp³-hybridized carbons (Fsp3) is 0.417. The van der Waals surface area contributed by atoms with E-state index >= 15 is 0 Å². The molecule has 1 unspecified atom stereocenters. The lowest BCUT2D eigenvalue weighted by Gasteiger charge is -2.09. The van der Waals surface area contributed by atoms with E-state index in [0.29, 0.717) is 6.04 Å².